The minimum absolute atomic E-state index is 0.322. The molecule has 0 unspecified atom stereocenters. The van der Waals surface area contributed by atoms with E-state index >= 15 is 0 Å². The molecule has 1 amide bonds. The summed E-state index contributed by atoms with van der Waals surface area (Å²) in [6, 6.07) is 6.34. The number of hydrogen-bond acceptors (Lipinski definition) is 5. The van der Waals surface area contributed by atoms with Gasteiger partial charge in [0.1, 0.15) is 0 Å². The van der Waals surface area contributed by atoms with Crippen molar-refractivity contribution in [2.24, 2.45) is 16.6 Å². The molecule has 10 heteroatoms. The average Bonchev–Trinajstić information content (AvgIpc) is 3.33. The second-order valence-electron chi connectivity index (χ2n) is 7.90. The minimum atomic E-state index is -1.74. The van der Waals surface area contributed by atoms with Crippen LogP contribution >= 0.6 is 0 Å². The number of phenols is 1. The average molecular weight is 473 g/mol. The van der Waals surface area contributed by atoms with Gasteiger partial charge in [0.15, 0.2) is 17.4 Å². The van der Waals surface area contributed by atoms with Gasteiger partial charge in [0, 0.05) is 18.1 Å². The van der Waals surface area contributed by atoms with Crippen LogP contribution in [0.4, 0.5) is 18.9 Å². The molecule has 180 valence electrons. The van der Waals surface area contributed by atoms with Crippen molar-refractivity contribution in [3.8, 4) is 5.75 Å². The van der Waals surface area contributed by atoms with Crippen molar-refractivity contribution in [3.05, 3.63) is 65.8 Å². The fraction of sp³-hybridized carbons (Fsp3) is 0.292. The highest BCUT2D eigenvalue weighted by molar-refractivity contribution is 5.94. The van der Waals surface area contributed by atoms with E-state index in [0.29, 0.717) is 18.5 Å². The number of benzene rings is 2. The quantitative estimate of drug-likeness (QED) is 0.313. The van der Waals surface area contributed by atoms with Crippen LogP contribution in [-0.4, -0.2) is 34.0 Å². The Morgan fingerprint density at radius 1 is 1.21 bits per heavy atom. The van der Waals surface area contributed by atoms with Crippen LogP contribution in [0.2, 0.25) is 0 Å². The molecule has 1 saturated carbocycles. The van der Waals surface area contributed by atoms with Crippen LogP contribution in [0.3, 0.4) is 0 Å². The predicted octanol–water partition coefficient (Wildman–Crippen LogP) is 4.86. The van der Waals surface area contributed by atoms with Gasteiger partial charge >= 0.3 is 0 Å². The number of allylic oxidation sites excluding steroid dienone is 1. The molecule has 0 saturated heterocycles. The van der Waals surface area contributed by atoms with Crippen molar-refractivity contribution < 1.29 is 23.1 Å². The molecule has 1 fully saturated rings. The van der Waals surface area contributed by atoms with E-state index in [4.69, 9.17) is 10.8 Å². The molecule has 0 radical (unpaired) electrons. The third-order valence-electron chi connectivity index (χ3n) is 5.50. The lowest BCUT2D eigenvalue weighted by Crippen LogP contribution is -2.31. The van der Waals surface area contributed by atoms with Gasteiger partial charge in [0.25, 0.3) is 5.91 Å². The number of fused-ring (bicyclic) bond motifs is 1. The van der Waals surface area contributed by atoms with Crippen molar-refractivity contribution in [3.63, 3.8) is 0 Å². The Bertz CT molecular complexity index is 1190. The van der Waals surface area contributed by atoms with Crippen LogP contribution in [0.1, 0.15) is 42.5 Å². The molecule has 0 spiro atoms. The lowest BCUT2D eigenvalue weighted by molar-refractivity contribution is 0.0937. The van der Waals surface area contributed by atoms with Gasteiger partial charge in [-0.25, -0.2) is 8.78 Å². The highest BCUT2D eigenvalue weighted by Crippen LogP contribution is 2.26. The number of carbonyl (C=O) groups is 1. The number of nitrogens with two attached hydrogens (primary N) is 1. The zero-order valence-corrected chi connectivity index (χ0v) is 18.4. The predicted molar refractivity (Wildman–Crippen MR) is 124 cm³/mol. The molecule has 4 rings (SSSR count). The van der Waals surface area contributed by atoms with E-state index in [1.165, 1.54) is 12.6 Å². The molecule has 0 atom stereocenters. The SMILES string of the molecule is N/C=C\C=Nc1ccc2cn[nH]c2c1.O=C(NCC1CCCCC1)c1cc(F)c(O)c(F)c1F. The largest absolute Gasteiger partial charge is 0.503 e. The second kappa shape index (κ2) is 11.9. The molecule has 5 N–H and O–H groups in total. The maximum atomic E-state index is 13.5. The molecule has 1 aliphatic rings. The number of aromatic amines is 1. The third-order valence-corrected chi connectivity index (χ3v) is 5.50. The monoisotopic (exact) mass is 473 g/mol. The van der Waals surface area contributed by atoms with Crippen molar-refractivity contribution in [2.75, 3.05) is 6.54 Å². The number of rotatable bonds is 5. The molecule has 0 bridgehead atoms. The molecular weight excluding hydrogens is 447 g/mol. The topological polar surface area (TPSA) is 116 Å². The summed E-state index contributed by atoms with van der Waals surface area (Å²) < 4.78 is 39.8. The normalized spacial score (nSPS) is 14.4. The van der Waals surface area contributed by atoms with Crippen LogP contribution in [0.25, 0.3) is 10.9 Å². The van der Waals surface area contributed by atoms with Gasteiger partial charge in [0.2, 0.25) is 5.82 Å². The molecule has 2 aromatic carbocycles. The molecule has 3 aromatic rings. The minimum Gasteiger partial charge on any atom is -0.503 e. The highest BCUT2D eigenvalue weighted by atomic mass is 19.2. The van der Waals surface area contributed by atoms with E-state index in [9.17, 15) is 18.0 Å². The van der Waals surface area contributed by atoms with Gasteiger partial charge in [0.05, 0.1) is 23.0 Å². The van der Waals surface area contributed by atoms with Crippen LogP contribution in [0.5, 0.6) is 5.75 Å². The summed E-state index contributed by atoms with van der Waals surface area (Å²) >= 11 is 0. The first kappa shape index (κ1) is 24.8. The molecular formula is C24H26F3N5O2. The number of H-pyrrole nitrogens is 1. The van der Waals surface area contributed by atoms with Crippen LogP contribution in [0, 0.1) is 23.4 Å². The third kappa shape index (κ3) is 6.37. The standard InChI is InChI=1S/C14H16F3NO2.C10H10N4/c15-10-6-9(11(16)12(17)13(10)19)14(20)18-7-8-4-2-1-3-5-8;11-4-1-5-12-9-3-2-8-7-13-14-10(8)6-9/h6,8,19H,1-5,7H2,(H,18,20);1-7H,11H2,(H,13,14)/b;4-1-,12-5?. The molecule has 0 aliphatic heterocycles. The molecule has 7 nitrogen and oxygen atoms in total. The number of nitrogens with zero attached hydrogens (tertiary/aromatic N) is 2. The number of hydrogen-bond donors (Lipinski definition) is 4. The number of halogens is 3. The van der Waals surface area contributed by atoms with E-state index in [1.54, 1.807) is 18.5 Å². The van der Waals surface area contributed by atoms with E-state index < -0.39 is 34.7 Å². The Morgan fingerprint density at radius 2 is 1.97 bits per heavy atom. The summed E-state index contributed by atoms with van der Waals surface area (Å²) in [4.78, 5) is 15.9. The van der Waals surface area contributed by atoms with Gasteiger partial charge in [-0.3, -0.25) is 14.9 Å². The van der Waals surface area contributed by atoms with E-state index in [-0.39, 0.29) is 0 Å². The number of aromatic nitrogens is 2. The molecule has 1 aromatic heterocycles. The van der Waals surface area contributed by atoms with Gasteiger partial charge in [-0.05, 0) is 55.3 Å². The smallest absolute Gasteiger partial charge is 0.254 e. The number of carbonyl (C=O) groups excluding carboxylic acids is 1. The maximum Gasteiger partial charge on any atom is 0.254 e. The summed E-state index contributed by atoms with van der Waals surface area (Å²) in [7, 11) is 0. The Morgan fingerprint density at radius 3 is 2.71 bits per heavy atom. The lowest BCUT2D eigenvalue weighted by atomic mass is 9.89. The summed E-state index contributed by atoms with van der Waals surface area (Å²) in [5.41, 5.74) is 6.31. The number of aliphatic imine (C=N–C) groups is 1. The lowest BCUT2D eigenvalue weighted by Gasteiger charge is -2.21. The fourth-order valence-electron chi connectivity index (χ4n) is 3.66. The van der Waals surface area contributed by atoms with Crippen molar-refractivity contribution in [1.82, 2.24) is 15.5 Å². The number of amides is 1. The number of aromatic hydroxyl groups is 1. The van der Waals surface area contributed by atoms with Gasteiger partial charge in [-0.15, -0.1) is 0 Å². The van der Waals surface area contributed by atoms with Crippen LogP contribution in [-0.2, 0) is 0 Å². The Kier molecular flexibility index (Phi) is 8.66. The molecule has 1 aliphatic carbocycles. The second-order valence-corrected chi connectivity index (χ2v) is 7.90. The molecule has 1 heterocycles. The molecule has 34 heavy (non-hydrogen) atoms. The van der Waals surface area contributed by atoms with Gasteiger partial charge in [-0.2, -0.15) is 9.49 Å². The fourth-order valence-corrected chi connectivity index (χ4v) is 3.66. The van der Waals surface area contributed by atoms with E-state index in [0.717, 1.165) is 42.3 Å². The Labute approximate surface area is 194 Å². The zero-order chi connectivity index (χ0) is 24.5. The van der Waals surface area contributed by atoms with E-state index in [2.05, 4.69) is 20.5 Å². The van der Waals surface area contributed by atoms with Crippen LogP contribution < -0.4 is 11.1 Å². The zero-order valence-electron chi connectivity index (χ0n) is 18.4. The first-order valence-electron chi connectivity index (χ1n) is 10.9. The van der Waals surface area contributed by atoms with Crippen LogP contribution in [0.15, 0.2) is 47.7 Å². The van der Waals surface area contributed by atoms with Crippen molar-refractivity contribution in [2.45, 2.75) is 32.1 Å². The summed E-state index contributed by atoms with van der Waals surface area (Å²) in [6.07, 6.45) is 11.9. The van der Waals surface area contributed by atoms with Gasteiger partial charge < -0.3 is 16.2 Å². The Hall–Kier alpha value is -3.82. The number of nitrogens with one attached hydrogen (secondary N) is 2. The summed E-state index contributed by atoms with van der Waals surface area (Å²) in [6.45, 7) is 0.363. The first-order chi connectivity index (χ1) is 16.4. The van der Waals surface area contributed by atoms with E-state index in [1.807, 2.05) is 18.2 Å². The maximum absolute atomic E-state index is 13.5. The van der Waals surface area contributed by atoms with Gasteiger partial charge in [-0.1, -0.05) is 19.3 Å². The first-order valence-corrected chi connectivity index (χ1v) is 10.9. The number of phenolic OH excluding ortho intramolecular Hbond substituents is 1. The van der Waals surface area contributed by atoms with Crippen molar-refractivity contribution >= 4 is 28.7 Å². The summed E-state index contributed by atoms with van der Waals surface area (Å²) in [5.74, 6) is -6.59. The summed E-state index contributed by atoms with van der Waals surface area (Å²) in [5, 5.41) is 19.3. The Balaban J connectivity index is 0.000000202. The van der Waals surface area contributed by atoms with Crippen molar-refractivity contribution in [1.29, 1.82) is 0 Å². The highest BCUT2D eigenvalue weighted by Gasteiger charge is 2.23.